The van der Waals surface area contributed by atoms with Gasteiger partial charge in [0.1, 0.15) is 17.0 Å². The molecule has 0 saturated carbocycles. The normalized spacial score (nSPS) is 24.5. The Morgan fingerprint density at radius 2 is 2.30 bits per heavy atom. The van der Waals surface area contributed by atoms with Crippen LogP contribution in [0, 0.1) is 0 Å². The highest BCUT2D eigenvalue weighted by atomic mass is 35.5. The minimum atomic E-state index is -1.62. The highest BCUT2D eigenvalue weighted by molar-refractivity contribution is 8.01. The van der Waals surface area contributed by atoms with E-state index in [4.69, 9.17) is 16.3 Å². The molecule has 11 nitrogen and oxygen atoms in total. The van der Waals surface area contributed by atoms with E-state index in [1.54, 1.807) is 7.05 Å². The molecule has 0 bridgehead atoms. The maximum Gasteiger partial charge on any atom is 0.352 e. The number of aryl methyl sites for hydroxylation is 1. The van der Waals surface area contributed by atoms with Gasteiger partial charge in [-0.3, -0.25) is 14.5 Å². The summed E-state index contributed by atoms with van der Waals surface area (Å²) in [7, 11) is 2.95. The van der Waals surface area contributed by atoms with Gasteiger partial charge in [0.2, 0.25) is 11.1 Å². The summed E-state index contributed by atoms with van der Waals surface area (Å²) in [6, 6.07) is 0. The molecule has 2 aliphatic rings. The van der Waals surface area contributed by atoms with Crippen LogP contribution in [0.1, 0.15) is 0 Å². The predicted octanol–water partition coefficient (Wildman–Crippen LogP) is -0.746. The van der Waals surface area contributed by atoms with E-state index in [2.05, 4.69) is 20.8 Å². The van der Waals surface area contributed by atoms with E-state index < -0.39 is 28.9 Å². The number of amides is 2. The predicted molar refractivity (Wildman–Crippen MR) is 95.9 cm³/mol. The molecule has 1 fully saturated rings. The van der Waals surface area contributed by atoms with Crippen LogP contribution in [0.5, 0.6) is 0 Å². The first kappa shape index (κ1) is 19.9. The minimum Gasteiger partial charge on any atom is -0.477 e. The molecule has 1 unspecified atom stereocenters. The number of aliphatic carboxylic acids is 1. The molecule has 2 N–H and O–H groups in total. The Kier molecular flexibility index (Phi) is 5.65. The lowest BCUT2D eigenvalue weighted by molar-refractivity contribution is -0.192. The molecule has 1 saturated heterocycles. The lowest BCUT2D eigenvalue weighted by Crippen LogP contribution is -2.80. The average Bonchev–Trinajstić information content (AvgIpc) is 3.07. The second-order valence-corrected chi connectivity index (χ2v) is 7.87. The number of halogens is 1. The fourth-order valence-electron chi connectivity index (χ4n) is 2.79. The van der Waals surface area contributed by atoms with Crippen molar-refractivity contribution in [2.24, 2.45) is 7.05 Å². The van der Waals surface area contributed by atoms with E-state index >= 15 is 0 Å². The highest BCUT2D eigenvalue weighted by Crippen LogP contribution is 2.47. The molecule has 2 atom stereocenters. The second kappa shape index (κ2) is 7.66. The average molecular weight is 435 g/mol. The first-order valence-electron chi connectivity index (χ1n) is 7.53. The first-order valence-corrected chi connectivity index (χ1v) is 10.1. The molecule has 3 rings (SSSR count). The van der Waals surface area contributed by atoms with Crippen LogP contribution in [0.2, 0.25) is 0 Å². The van der Waals surface area contributed by atoms with Crippen LogP contribution < -0.4 is 5.32 Å². The Labute approximate surface area is 166 Å². The van der Waals surface area contributed by atoms with Crippen molar-refractivity contribution in [3.05, 3.63) is 11.3 Å². The lowest BCUT2D eigenvalue weighted by Gasteiger charge is -2.55. The monoisotopic (exact) mass is 434 g/mol. The maximum atomic E-state index is 12.7. The summed E-state index contributed by atoms with van der Waals surface area (Å²) in [5, 5.41) is 23.0. The molecule has 14 heteroatoms. The first-order chi connectivity index (χ1) is 12.9. The van der Waals surface area contributed by atoms with Gasteiger partial charge in [0, 0.05) is 25.7 Å². The third-order valence-electron chi connectivity index (χ3n) is 4.04. The van der Waals surface area contributed by atoms with E-state index in [-0.39, 0.29) is 11.6 Å². The van der Waals surface area contributed by atoms with Crippen molar-refractivity contribution in [1.29, 1.82) is 0 Å². The summed E-state index contributed by atoms with van der Waals surface area (Å²) in [5.41, 5.74) is -1.18. The number of nitrogens with one attached hydrogen (secondary N) is 1. The number of carboxylic acid groups (broad SMARTS) is 1. The van der Waals surface area contributed by atoms with Crippen molar-refractivity contribution < 1.29 is 24.2 Å². The van der Waals surface area contributed by atoms with Gasteiger partial charge in [-0.25, -0.2) is 9.48 Å². The van der Waals surface area contributed by atoms with Crippen molar-refractivity contribution in [2.75, 3.05) is 24.5 Å². The quantitative estimate of drug-likeness (QED) is 0.244. The number of carboxylic acids is 1. The Morgan fingerprint density at radius 3 is 2.85 bits per heavy atom. The lowest BCUT2D eigenvalue weighted by atomic mass is 9.98. The zero-order valence-corrected chi connectivity index (χ0v) is 16.6. The van der Waals surface area contributed by atoms with Crippen LogP contribution in [-0.4, -0.2) is 83.6 Å². The summed E-state index contributed by atoms with van der Waals surface area (Å²) in [5.74, 6) is -2.16. The molecule has 0 radical (unpaired) electrons. The smallest absolute Gasteiger partial charge is 0.352 e. The Balaban J connectivity index is 1.86. The fraction of sp³-hybridized carbons (Fsp3) is 0.538. The number of aromatic nitrogens is 4. The number of β-lactam (4-membered cyclic amide) rings is 1. The molecule has 1 aromatic rings. The van der Waals surface area contributed by atoms with Gasteiger partial charge in [-0.15, -0.1) is 28.5 Å². The summed E-state index contributed by atoms with van der Waals surface area (Å²) in [6.45, 7) is 0. The van der Waals surface area contributed by atoms with Gasteiger partial charge in [0.25, 0.3) is 11.6 Å². The number of hydrogen-bond acceptors (Lipinski definition) is 9. The summed E-state index contributed by atoms with van der Waals surface area (Å²) in [6.07, 6.45) is 0. The molecule has 0 aliphatic carbocycles. The molecular formula is C13H15ClN6O5S2. The number of nitrogens with zero attached hydrogens (tertiary/aromatic N) is 5. The van der Waals surface area contributed by atoms with Gasteiger partial charge in [-0.1, -0.05) is 11.8 Å². The van der Waals surface area contributed by atoms with Crippen LogP contribution in [-0.2, 0) is 26.2 Å². The van der Waals surface area contributed by atoms with E-state index in [0.29, 0.717) is 22.2 Å². The van der Waals surface area contributed by atoms with E-state index in [1.165, 1.54) is 35.3 Å². The topological polar surface area (TPSA) is 140 Å². The maximum absolute atomic E-state index is 12.7. The van der Waals surface area contributed by atoms with Crippen LogP contribution in [0.3, 0.4) is 0 Å². The van der Waals surface area contributed by atoms with Crippen molar-refractivity contribution >= 4 is 52.9 Å². The van der Waals surface area contributed by atoms with Crippen LogP contribution in [0.4, 0.5) is 0 Å². The molecule has 1 aromatic heterocycles. The van der Waals surface area contributed by atoms with Gasteiger partial charge in [0.05, 0.1) is 0 Å². The van der Waals surface area contributed by atoms with Crippen molar-refractivity contribution in [3.63, 3.8) is 0 Å². The highest BCUT2D eigenvalue weighted by Gasteiger charge is 2.66. The molecular weight excluding hydrogens is 420 g/mol. The molecule has 27 heavy (non-hydrogen) atoms. The van der Waals surface area contributed by atoms with E-state index in [0.717, 1.165) is 4.90 Å². The van der Waals surface area contributed by atoms with Crippen LogP contribution >= 0.6 is 35.1 Å². The molecule has 0 aromatic carbocycles. The van der Waals surface area contributed by atoms with Crippen LogP contribution in [0.15, 0.2) is 16.4 Å². The number of carbonyl (C=O) groups is 3. The SMILES string of the molecule is CO[C@@]1(NC(=O)CCl)C(=O)N2C(C(=O)O)=C(CSc3nnnn3C)CSC21. The fourth-order valence-corrected chi connectivity index (χ4v) is 5.28. The number of ether oxygens (including phenoxy) is 1. The molecule has 2 amide bonds. The van der Waals surface area contributed by atoms with Gasteiger partial charge in [-0.05, 0) is 16.0 Å². The zero-order chi connectivity index (χ0) is 19.8. The Bertz CT molecular complexity index is 832. The molecule has 2 aliphatic heterocycles. The number of methoxy groups -OCH3 is 1. The molecule has 0 spiro atoms. The van der Waals surface area contributed by atoms with Crippen LogP contribution in [0.25, 0.3) is 0 Å². The third kappa shape index (κ3) is 3.28. The zero-order valence-electron chi connectivity index (χ0n) is 14.2. The second-order valence-electron chi connectivity index (χ2n) is 5.59. The summed E-state index contributed by atoms with van der Waals surface area (Å²) in [4.78, 5) is 37.4. The van der Waals surface area contributed by atoms with Gasteiger partial charge in [0.15, 0.2) is 0 Å². The van der Waals surface area contributed by atoms with Gasteiger partial charge in [-0.2, -0.15) is 0 Å². The number of tetrazole rings is 1. The number of thioether (sulfide) groups is 2. The van der Waals surface area contributed by atoms with Crippen molar-refractivity contribution in [1.82, 2.24) is 30.4 Å². The Morgan fingerprint density at radius 1 is 1.56 bits per heavy atom. The number of fused-ring (bicyclic) bond motifs is 1. The summed E-state index contributed by atoms with van der Waals surface area (Å²) < 4.78 is 6.74. The number of alkyl halides is 1. The Hall–Kier alpha value is -1.83. The standard InChI is InChI=1S/C13H15ClN6O5S2/c1-19-12(16-17-18-19)27-5-6-4-26-11-13(25-2,15-7(21)3-14)10(24)20(11)8(6)9(22)23/h11H,3-5H2,1-2H3,(H,15,21)(H,22,23)/t11?,13-/m0/s1. The van der Waals surface area contributed by atoms with Gasteiger partial charge >= 0.3 is 5.97 Å². The van der Waals surface area contributed by atoms with E-state index in [1.807, 2.05) is 0 Å². The molecule has 146 valence electrons. The largest absolute Gasteiger partial charge is 0.477 e. The molecule has 3 heterocycles. The number of rotatable bonds is 7. The van der Waals surface area contributed by atoms with Crippen molar-refractivity contribution in [2.45, 2.75) is 16.3 Å². The van der Waals surface area contributed by atoms with Gasteiger partial charge < -0.3 is 15.2 Å². The van der Waals surface area contributed by atoms with E-state index in [9.17, 15) is 19.5 Å². The third-order valence-corrected chi connectivity index (χ3v) is 6.75. The summed E-state index contributed by atoms with van der Waals surface area (Å²) >= 11 is 8.07. The number of hydrogen-bond donors (Lipinski definition) is 2. The van der Waals surface area contributed by atoms with Crippen molar-refractivity contribution in [3.8, 4) is 0 Å². The minimum absolute atomic E-state index is 0.112. The number of carbonyl (C=O) groups excluding carboxylic acids is 2.